The van der Waals surface area contributed by atoms with Gasteiger partial charge in [-0.05, 0) is 38.4 Å². The summed E-state index contributed by atoms with van der Waals surface area (Å²) >= 11 is 0. The fourth-order valence-corrected chi connectivity index (χ4v) is 2.25. The molecule has 0 aromatic rings. The van der Waals surface area contributed by atoms with Crippen molar-refractivity contribution in [3.05, 3.63) is 0 Å². The normalized spacial score (nSPS) is 16.5. The van der Waals surface area contributed by atoms with Gasteiger partial charge < -0.3 is 10.6 Å². The van der Waals surface area contributed by atoms with E-state index in [4.69, 9.17) is 5.26 Å². The van der Waals surface area contributed by atoms with Gasteiger partial charge in [0.15, 0.2) is 0 Å². The molecule has 0 aromatic carbocycles. The van der Waals surface area contributed by atoms with Crippen LogP contribution in [0.25, 0.3) is 0 Å². The first kappa shape index (κ1) is 14.9. The third-order valence-corrected chi connectivity index (χ3v) is 3.35. The van der Waals surface area contributed by atoms with Crippen molar-refractivity contribution in [2.75, 3.05) is 39.3 Å². The van der Waals surface area contributed by atoms with E-state index in [9.17, 15) is 4.79 Å². The maximum Gasteiger partial charge on any atom is 0.234 e. The second kappa shape index (κ2) is 8.90. The number of piperidine rings is 1. The topological polar surface area (TPSA) is 68.2 Å². The minimum atomic E-state index is 0.0287. The molecule has 18 heavy (non-hydrogen) atoms. The summed E-state index contributed by atoms with van der Waals surface area (Å²) < 4.78 is 0. The fraction of sp³-hybridized carbons (Fsp3) is 0.846. The van der Waals surface area contributed by atoms with E-state index in [0.717, 1.165) is 26.2 Å². The zero-order valence-corrected chi connectivity index (χ0v) is 11.2. The number of amides is 1. The van der Waals surface area contributed by atoms with Gasteiger partial charge in [0.25, 0.3) is 0 Å². The van der Waals surface area contributed by atoms with Crippen LogP contribution in [0.2, 0.25) is 0 Å². The van der Waals surface area contributed by atoms with Gasteiger partial charge in [0.05, 0.1) is 19.0 Å². The SMILES string of the molecule is CCN(CC(=O)NCCC#N)CC1CCNCC1. The van der Waals surface area contributed by atoms with Gasteiger partial charge >= 0.3 is 0 Å². The average Bonchev–Trinajstić information content (AvgIpc) is 2.39. The molecule has 1 saturated heterocycles. The number of nitriles is 1. The number of hydrogen-bond acceptors (Lipinski definition) is 4. The molecule has 5 nitrogen and oxygen atoms in total. The van der Waals surface area contributed by atoms with Crippen molar-refractivity contribution >= 4 is 5.91 Å². The lowest BCUT2D eigenvalue weighted by Crippen LogP contribution is -2.41. The average molecular weight is 252 g/mol. The number of rotatable bonds is 7. The maximum atomic E-state index is 11.7. The van der Waals surface area contributed by atoms with E-state index in [1.807, 2.05) is 6.07 Å². The van der Waals surface area contributed by atoms with E-state index in [1.54, 1.807) is 0 Å². The van der Waals surface area contributed by atoms with Gasteiger partial charge in [-0.3, -0.25) is 9.69 Å². The fourth-order valence-electron chi connectivity index (χ4n) is 2.25. The van der Waals surface area contributed by atoms with Gasteiger partial charge in [-0.1, -0.05) is 6.92 Å². The third-order valence-electron chi connectivity index (χ3n) is 3.35. The second-order valence-corrected chi connectivity index (χ2v) is 4.78. The van der Waals surface area contributed by atoms with Crippen molar-refractivity contribution in [3.63, 3.8) is 0 Å². The molecule has 1 aliphatic rings. The predicted molar refractivity (Wildman–Crippen MR) is 70.9 cm³/mol. The van der Waals surface area contributed by atoms with Crippen molar-refractivity contribution in [3.8, 4) is 6.07 Å². The Balaban J connectivity index is 2.23. The number of nitrogens with one attached hydrogen (secondary N) is 2. The molecule has 0 bridgehead atoms. The highest BCUT2D eigenvalue weighted by molar-refractivity contribution is 5.77. The molecule has 1 fully saturated rings. The summed E-state index contributed by atoms with van der Waals surface area (Å²) in [5.41, 5.74) is 0. The quantitative estimate of drug-likeness (QED) is 0.641. The number of likely N-dealkylation sites (N-methyl/N-ethyl adjacent to an activating group) is 1. The monoisotopic (exact) mass is 252 g/mol. The van der Waals surface area contributed by atoms with Crippen LogP contribution in [-0.2, 0) is 4.79 Å². The minimum Gasteiger partial charge on any atom is -0.354 e. The minimum absolute atomic E-state index is 0.0287. The van der Waals surface area contributed by atoms with Gasteiger partial charge in [0, 0.05) is 13.1 Å². The van der Waals surface area contributed by atoms with Crippen LogP contribution in [0.1, 0.15) is 26.2 Å². The van der Waals surface area contributed by atoms with Crippen LogP contribution in [0.5, 0.6) is 0 Å². The smallest absolute Gasteiger partial charge is 0.234 e. The van der Waals surface area contributed by atoms with Crippen molar-refractivity contribution < 1.29 is 4.79 Å². The van der Waals surface area contributed by atoms with Crippen LogP contribution in [0.3, 0.4) is 0 Å². The van der Waals surface area contributed by atoms with Crippen LogP contribution in [-0.4, -0.2) is 50.1 Å². The molecule has 1 aliphatic heterocycles. The molecule has 0 spiro atoms. The Kier molecular flexibility index (Phi) is 7.38. The van der Waals surface area contributed by atoms with E-state index in [0.29, 0.717) is 25.4 Å². The molecule has 0 unspecified atom stereocenters. The van der Waals surface area contributed by atoms with E-state index in [1.165, 1.54) is 12.8 Å². The van der Waals surface area contributed by atoms with Gasteiger partial charge in [-0.25, -0.2) is 0 Å². The highest BCUT2D eigenvalue weighted by atomic mass is 16.2. The molecule has 1 rings (SSSR count). The summed E-state index contributed by atoms with van der Waals surface area (Å²) in [5, 5.41) is 14.5. The van der Waals surface area contributed by atoms with Crippen LogP contribution < -0.4 is 10.6 Å². The molecular formula is C13H24N4O. The lowest BCUT2D eigenvalue weighted by Gasteiger charge is -2.28. The largest absolute Gasteiger partial charge is 0.354 e. The van der Waals surface area contributed by atoms with Crippen LogP contribution >= 0.6 is 0 Å². The summed E-state index contributed by atoms with van der Waals surface area (Å²) in [6.07, 6.45) is 2.78. The first-order chi connectivity index (χ1) is 8.76. The zero-order valence-electron chi connectivity index (χ0n) is 11.2. The Bertz CT molecular complexity index is 281. The van der Waals surface area contributed by atoms with Crippen LogP contribution in [0, 0.1) is 17.2 Å². The Hall–Kier alpha value is -1.12. The molecule has 1 heterocycles. The Morgan fingerprint density at radius 3 is 2.83 bits per heavy atom. The standard InChI is InChI=1S/C13H24N4O/c1-2-17(10-12-4-8-15-9-5-12)11-13(18)16-7-3-6-14/h12,15H,2-5,7-11H2,1H3,(H,16,18). The molecule has 5 heteroatoms. The van der Waals surface area contributed by atoms with E-state index in [2.05, 4.69) is 22.5 Å². The van der Waals surface area contributed by atoms with Gasteiger partial charge in [-0.2, -0.15) is 5.26 Å². The highest BCUT2D eigenvalue weighted by Crippen LogP contribution is 2.13. The number of hydrogen-bond donors (Lipinski definition) is 2. The lowest BCUT2D eigenvalue weighted by atomic mass is 9.97. The number of carbonyl (C=O) groups excluding carboxylic acids is 1. The van der Waals surface area contributed by atoms with E-state index in [-0.39, 0.29) is 5.91 Å². The molecule has 0 saturated carbocycles. The molecule has 102 valence electrons. The molecule has 0 atom stereocenters. The second-order valence-electron chi connectivity index (χ2n) is 4.78. The van der Waals surface area contributed by atoms with Gasteiger partial charge in [0.2, 0.25) is 5.91 Å². The summed E-state index contributed by atoms with van der Waals surface area (Å²) in [7, 11) is 0. The predicted octanol–water partition coefficient (Wildman–Crippen LogP) is 0.338. The van der Waals surface area contributed by atoms with Gasteiger partial charge in [0.1, 0.15) is 0 Å². The lowest BCUT2D eigenvalue weighted by molar-refractivity contribution is -0.122. The summed E-state index contributed by atoms with van der Waals surface area (Å²) in [5.74, 6) is 0.735. The van der Waals surface area contributed by atoms with E-state index >= 15 is 0 Å². The third kappa shape index (κ3) is 5.99. The first-order valence-corrected chi connectivity index (χ1v) is 6.83. The van der Waals surface area contributed by atoms with Crippen LogP contribution in [0.15, 0.2) is 0 Å². The molecule has 0 radical (unpaired) electrons. The van der Waals surface area contributed by atoms with Crippen molar-refractivity contribution in [2.45, 2.75) is 26.2 Å². The summed E-state index contributed by atoms with van der Waals surface area (Å²) in [6.45, 7) is 7.09. The van der Waals surface area contributed by atoms with Crippen molar-refractivity contribution in [1.29, 1.82) is 5.26 Å². The maximum absolute atomic E-state index is 11.7. The van der Waals surface area contributed by atoms with Crippen molar-refractivity contribution in [2.24, 2.45) is 5.92 Å². The highest BCUT2D eigenvalue weighted by Gasteiger charge is 2.17. The molecule has 0 aromatic heterocycles. The van der Waals surface area contributed by atoms with E-state index < -0.39 is 0 Å². The summed E-state index contributed by atoms with van der Waals surface area (Å²) in [6, 6.07) is 2.02. The molecule has 2 N–H and O–H groups in total. The summed E-state index contributed by atoms with van der Waals surface area (Å²) in [4.78, 5) is 13.8. The molecule has 1 amide bonds. The number of nitrogens with zero attached hydrogens (tertiary/aromatic N) is 2. The zero-order chi connectivity index (χ0) is 13.2. The molecule has 0 aliphatic carbocycles. The Labute approximate surface area is 110 Å². The Morgan fingerprint density at radius 2 is 2.22 bits per heavy atom. The number of carbonyl (C=O) groups is 1. The van der Waals surface area contributed by atoms with Gasteiger partial charge in [-0.15, -0.1) is 0 Å². The first-order valence-electron chi connectivity index (χ1n) is 6.83. The van der Waals surface area contributed by atoms with Crippen LogP contribution in [0.4, 0.5) is 0 Å². The molecular weight excluding hydrogens is 228 g/mol. The van der Waals surface area contributed by atoms with Crippen molar-refractivity contribution in [1.82, 2.24) is 15.5 Å². The Morgan fingerprint density at radius 1 is 1.50 bits per heavy atom.